The number of anilines is 1. The Bertz CT molecular complexity index is 1160. The van der Waals surface area contributed by atoms with Gasteiger partial charge in [-0.15, -0.1) is 5.10 Å². The van der Waals surface area contributed by atoms with Crippen LogP contribution in [-0.2, 0) is 9.53 Å². The van der Waals surface area contributed by atoms with Gasteiger partial charge in [0.25, 0.3) is 0 Å². The van der Waals surface area contributed by atoms with E-state index in [9.17, 15) is 9.90 Å². The molecule has 0 unspecified atom stereocenters. The van der Waals surface area contributed by atoms with E-state index >= 15 is 0 Å². The molecule has 0 saturated carbocycles. The number of hydrogen-bond donors (Lipinski definition) is 2. The molecule has 1 aliphatic heterocycles. The van der Waals surface area contributed by atoms with Crippen molar-refractivity contribution in [3.8, 4) is 17.1 Å². The Balaban J connectivity index is 1.57. The maximum absolute atomic E-state index is 11.9. The number of methoxy groups -OCH3 is 1. The highest BCUT2D eigenvalue weighted by molar-refractivity contribution is 9.10. The van der Waals surface area contributed by atoms with Crippen LogP contribution < -0.4 is 9.64 Å². The minimum absolute atomic E-state index is 0.00314. The van der Waals surface area contributed by atoms with Crippen molar-refractivity contribution in [3.63, 3.8) is 0 Å². The maximum Gasteiger partial charge on any atom is 0.342 e. The Hall–Kier alpha value is -2.47. The number of carbonyl (C=O) groups is 1. The van der Waals surface area contributed by atoms with Crippen LogP contribution in [0, 0.1) is 0 Å². The molecule has 3 aromatic rings. The van der Waals surface area contributed by atoms with Crippen LogP contribution in [0.5, 0.6) is 5.75 Å². The number of rotatable bonds is 7. The molecular weight excluding hydrogens is 524 g/mol. The summed E-state index contributed by atoms with van der Waals surface area (Å²) in [6.07, 6.45) is 1.44. The van der Waals surface area contributed by atoms with Gasteiger partial charge < -0.3 is 23.9 Å². The minimum atomic E-state index is -1.12. The summed E-state index contributed by atoms with van der Waals surface area (Å²) in [4.78, 5) is 18.3. The molecule has 1 aliphatic rings. The number of aliphatic carboxylic acids is 1. The minimum Gasteiger partial charge on any atom is -0.496 e. The molecule has 2 N–H and O–H groups in total. The molecule has 32 heavy (non-hydrogen) atoms. The fraction of sp³-hybridized carbons (Fsp3) is 0.250. The third kappa shape index (κ3) is 5.12. The van der Waals surface area contributed by atoms with Crippen molar-refractivity contribution in [1.29, 1.82) is 0 Å². The number of carboxylic acid groups (broad SMARTS) is 1. The van der Waals surface area contributed by atoms with Crippen molar-refractivity contribution in [2.45, 2.75) is 5.16 Å². The standard InChI is InChI=1S/C20H18BrClN4O5S/c1-29-15-3-2-11(22)8-13(15)17-23-20(25-24-17)32-16(19(27)28)10-12-9-14(21)18(31-12)26-4-6-30-7-5-26/h2-3,8-10H,4-7H2,1H3,(H,27,28)(H,23,24,25)/b16-10-. The molecule has 0 atom stereocenters. The normalized spacial score (nSPS) is 14.6. The van der Waals surface area contributed by atoms with Crippen LogP contribution >= 0.6 is 39.3 Å². The molecular formula is C20H18BrClN4O5S. The zero-order valence-corrected chi connectivity index (χ0v) is 20.0. The number of halogens is 2. The summed E-state index contributed by atoms with van der Waals surface area (Å²) in [5.74, 6) is 0.888. The first-order chi connectivity index (χ1) is 15.4. The third-order valence-electron chi connectivity index (χ3n) is 4.55. The molecule has 1 saturated heterocycles. The predicted molar refractivity (Wildman–Crippen MR) is 124 cm³/mol. The van der Waals surface area contributed by atoms with E-state index in [0.717, 1.165) is 16.2 Å². The highest BCUT2D eigenvalue weighted by Gasteiger charge is 2.21. The molecule has 0 amide bonds. The van der Waals surface area contributed by atoms with Crippen LogP contribution in [0.2, 0.25) is 5.02 Å². The molecule has 0 aliphatic carbocycles. The molecule has 3 heterocycles. The molecule has 0 radical (unpaired) electrons. The lowest BCUT2D eigenvalue weighted by Crippen LogP contribution is -2.36. The number of H-pyrrole nitrogens is 1. The second kappa shape index (κ2) is 9.99. The average Bonchev–Trinajstić information content (AvgIpc) is 3.40. The number of nitrogens with zero attached hydrogens (tertiary/aromatic N) is 3. The number of nitrogens with one attached hydrogen (secondary N) is 1. The van der Waals surface area contributed by atoms with Crippen molar-refractivity contribution in [3.05, 3.63) is 44.4 Å². The lowest BCUT2D eigenvalue weighted by Gasteiger charge is -2.26. The molecule has 1 fully saturated rings. The van der Waals surface area contributed by atoms with E-state index in [-0.39, 0.29) is 10.1 Å². The van der Waals surface area contributed by atoms with Crippen molar-refractivity contribution in [2.75, 3.05) is 38.3 Å². The Morgan fingerprint density at radius 1 is 1.38 bits per heavy atom. The summed E-state index contributed by atoms with van der Waals surface area (Å²) in [7, 11) is 1.54. The summed E-state index contributed by atoms with van der Waals surface area (Å²) in [6, 6.07) is 6.84. The molecule has 12 heteroatoms. The maximum atomic E-state index is 11.9. The fourth-order valence-corrected chi connectivity index (χ4v) is 4.49. The number of morpholine rings is 1. The summed E-state index contributed by atoms with van der Waals surface area (Å²) >= 11 is 10.5. The van der Waals surface area contributed by atoms with Gasteiger partial charge in [-0.25, -0.2) is 9.78 Å². The largest absolute Gasteiger partial charge is 0.496 e. The number of hydrogen-bond acceptors (Lipinski definition) is 8. The van der Waals surface area contributed by atoms with E-state index in [1.807, 2.05) is 4.90 Å². The number of ether oxygens (including phenoxy) is 2. The summed E-state index contributed by atoms with van der Waals surface area (Å²) in [5.41, 5.74) is 0.616. The molecule has 0 spiro atoms. The van der Waals surface area contributed by atoms with Gasteiger partial charge in [-0.2, -0.15) is 0 Å². The number of aromatic amines is 1. The molecule has 4 rings (SSSR count). The highest BCUT2D eigenvalue weighted by atomic mass is 79.9. The van der Waals surface area contributed by atoms with E-state index in [0.29, 0.717) is 60.1 Å². The van der Waals surface area contributed by atoms with E-state index < -0.39 is 5.97 Å². The van der Waals surface area contributed by atoms with Gasteiger partial charge in [-0.05, 0) is 45.9 Å². The topological polar surface area (TPSA) is 114 Å². The van der Waals surface area contributed by atoms with Crippen LogP contribution in [0.1, 0.15) is 5.76 Å². The second-order valence-electron chi connectivity index (χ2n) is 6.63. The number of furan rings is 1. The average molecular weight is 542 g/mol. The van der Waals surface area contributed by atoms with E-state index in [1.165, 1.54) is 13.2 Å². The van der Waals surface area contributed by atoms with Gasteiger partial charge in [-0.1, -0.05) is 11.6 Å². The van der Waals surface area contributed by atoms with Gasteiger partial charge in [0.15, 0.2) is 5.82 Å². The van der Waals surface area contributed by atoms with Gasteiger partial charge in [0.05, 0.1) is 30.4 Å². The van der Waals surface area contributed by atoms with E-state index in [4.69, 9.17) is 25.5 Å². The fourth-order valence-electron chi connectivity index (χ4n) is 3.07. The Morgan fingerprint density at radius 3 is 2.88 bits per heavy atom. The summed E-state index contributed by atoms with van der Waals surface area (Å²) in [6.45, 7) is 2.61. The third-order valence-corrected chi connectivity index (χ3v) is 6.23. The number of benzene rings is 1. The van der Waals surface area contributed by atoms with Crippen molar-refractivity contribution < 1.29 is 23.8 Å². The monoisotopic (exact) mass is 540 g/mol. The number of aromatic nitrogens is 3. The Labute approximate surface area is 200 Å². The molecule has 0 bridgehead atoms. The number of thioether (sulfide) groups is 1. The van der Waals surface area contributed by atoms with Crippen LogP contribution in [0.3, 0.4) is 0 Å². The van der Waals surface area contributed by atoms with Crippen molar-refractivity contribution in [2.24, 2.45) is 0 Å². The lowest BCUT2D eigenvalue weighted by molar-refractivity contribution is -0.131. The molecule has 2 aromatic heterocycles. The first-order valence-corrected chi connectivity index (χ1v) is 11.4. The van der Waals surface area contributed by atoms with E-state index in [1.54, 1.807) is 24.3 Å². The zero-order chi connectivity index (χ0) is 22.7. The summed E-state index contributed by atoms with van der Waals surface area (Å²) in [5, 5.41) is 17.4. The van der Waals surface area contributed by atoms with Crippen LogP contribution in [0.15, 0.2) is 43.2 Å². The SMILES string of the molecule is COc1ccc(Cl)cc1-c1nc(S/C(=C\c2cc(Br)c(N3CCOCC3)o2)C(=O)O)n[nH]1. The van der Waals surface area contributed by atoms with Crippen molar-refractivity contribution in [1.82, 2.24) is 15.2 Å². The van der Waals surface area contributed by atoms with Gasteiger partial charge in [0, 0.05) is 30.3 Å². The van der Waals surface area contributed by atoms with Gasteiger partial charge in [0.2, 0.25) is 11.0 Å². The van der Waals surface area contributed by atoms with Gasteiger partial charge in [-0.3, -0.25) is 5.10 Å². The molecule has 168 valence electrons. The molecule has 1 aromatic carbocycles. The Kier molecular flexibility index (Phi) is 7.09. The smallest absolute Gasteiger partial charge is 0.342 e. The van der Waals surface area contributed by atoms with Crippen LogP contribution in [0.25, 0.3) is 17.5 Å². The van der Waals surface area contributed by atoms with Gasteiger partial charge in [0.1, 0.15) is 16.4 Å². The first kappa shape index (κ1) is 22.7. The van der Waals surface area contributed by atoms with Gasteiger partial charge >= 0.3 is 5.97 Å². The quantitative estimate of drug-likeness (QED) is 0.328. The highest BCUT2D eigenvalue weighted by Crippen LogP contribution is 2.35. The lowest BCUT2D eigenvalue weighted by atomic mass is 10.2. The van der Waals surface area contributed by atoms with Crippen LogP contribution in [-0.4, -0.2) is 59.7 Å². The van der Waals surface area contributed by atoms with Crippen LogP contribution in [0.4, 0.5) is 5.88 Å². The first-order valence-electron chi connectivity index (χ1n) is 9.46. The number of carboxylic acids is 1. The molecule has 9 nitrogen and oxygen atoms in total. The van der Waals surface area contributed by atoms with Crippen molar-refractivity contribution >= 4 is 57.2 Å². The van der Waals surface area contributed by atoms with E-state index in [2.05, 4.69) is 31.1 Å². The Morgan fingerprint density at radius 2 is 2.16 bits per heavy atom. The predicted octanol–water partition coefficient (Wildman–Crippen LogP) is 4.54. The summed E-state index contributed by atoms with van der Waals surface area (Å²) < 4.78 is 17.3. The second-order valence-corrected chi connectivity index (χ2v) is 8.93. The zero-order valence-electron chi connectivity index (χ0n) is 16.8.